The van der Waals surface area contributed by atoms with Gasteiger partial charge in [0, 0.05) is 0 Å². The fraction of sp³-hybridized carbons (Fsp3) is 0.167. The van der Waals surface area contributed by atoms with Gasteiger partial charge in [-0.15, -0.1) is 0 Å². The van der Waals surface area contributed by atoms with Crippen LogP contribution in [0.1, 0.15) is 16.7 Å². The van der Waals surface area contributed by atoms with Gasteiger partial charge in [-0.25, -0.2) is 0 Å². The molecule has 1 atom stereocenters. The SMILES string of the molecule is [B]C([B])(c1ccccc1)S(=O)(=O)OC1=C(N)O[C@]([B])(c2ccc(C)cc2)C1=O. The largest absolute Gasteiger partial charge is 0.467 e. The van der Waals surface area contributed by atoms with Gasteiger partial charge in [0.25, 0.3) is 0 Å². The van der Waals surface area contributed by atoms with Gasteiger partial charge in [0.15, 0.2) is 5.50 Å². The Balaban J connectivity index is 1.93. The number of benzene rings is 2. The number of hydrogen-bond donors (Lipinski definition) is 1. The highest BCUT2D eigenvalue weighted by Crippen LogP contribution is 2.37. The summed E-state index contributed by atoms with van der Waals surface area (Å²) in [6, 6.07) is 14.1. The average molecular weight is 389 g/mol. The predicted molar refractivity (Wildman–Crippen MR) is 106 cm³/mol. The van der Waals surface area contributed by atoms with Crippen LogP contribution in [0.4, 0.5) is 0 Å². The zero-order valence-electron chi connectivity index (χ0n) is 15.0. The van der Waals surface area contributed by atoms with E-state index in [0.717, 1.165) is 5.56 Å². The van der Waals surface area contributed by atoms with Gasteiger partial charge >= 0.3 is 10.1 Å². The van der Waals surface area contributed by atoms with Crippen LogP contribution in [0.25, 0.3) is 0 Å². The van der Waals surface area contributed by atoms with Crippen LogP contribution in [-0.4, -0.2) is 37.7 Å². The second-order valence-electron chi connectivity index (χ2n) is 6.42. The maximum atomic E-state index is 12.8. The Morgan fingerprint density at radius 3 is 2.21 bits per heavy atom. The lowest BCUT2D eigenvalue weighted by molar-refractivity contribution is -0.126. The highest BCUT2D eigenvalue weighted by Gasteiger charge is 2.50. The predicted octanol–water partition coefficient (Wildman–Crippen LogP) is 0.537. The number of Topliss-reactive ketones (excluding diaryl/α,β-unsaturated/α-hetero) is 1. The molecule has 0 aliphatic carbocycles. The molecule has 0 saturated heterocycles. The first-order chi connectivity index (χ1) is 13.0. The van der Waals surface area contributed by atoms with Crippen molar-refractivity contribution in [1.29, 1.82) is 0 Å². The molecule has 0 spiro atoms. The quantitative estimate of drug-likeness (QED) is 0.593. The summed E-state index contributed by atoms with van der Waals surface area (Å²) in [5.41, 5.74) is 4.92. The van der Waals surface area contributed by atoms with Crippen molar-refractivity contribution in [1.82, 2.24) is 0 Å². The number of carbonyl (C=O) groups excluding carboxylic acids is 1. The molecule has 3 rings (SSSR count). The maximum Gasteiger partial charge on any atom is 0.302 e. The Labute approximate surface area is 167 Å². The van der Waals surface area contributed by atoms with E-state index in [-0.39, 0.29) is 11.1 Å². The Kier molecular flexibility index (Phi) is 4.87. The molecule has 136 valence electrons. The lowest BCUT2D eigenvalue weighted by atomic mass is 9.65. The van der Waals surface area contributed by atoms with Crippen molar-refractivity contribution in [2.75, 3.05) is 0 Å². The Hall–Kier alpha value is -2.61. The molecule has 2 aromatic carbocycles. The van der Waals surface area contributed by atoms with E-state index in [9.17, 15) is 13.2 Å². The van der Waals surface area contributed by atoms with Crippen molar-refractivity contribution in [2.45, 2.75) is 17.0 Å². The van der Waals surface area contributed by atoms with Gasteiger partial charge in [-0.3, -0.25) is 4.79 Å². The van der Waals surface area contributed by atoms with Crippen molar-refractivity contribution >= 4 is 39.4 Å². The summed E-state index contributed by atoms with van der Waals surface area (Å²) in [4.78, 5) is 12.8. The topological polar surface area (TPSA) is 95.7 Å². The van der Waals surface area contributed by atoms with Crippen molar-refractivity contribution in [3.8, 4) is 0 Å². The minimum Gasteiger partial charge on any atom is -0.467 e. The van der Waals surface area contributed by atoms with Crippen molar-refractivity contribution in [3.63, 3.8) is 0 Å². The lowest BCUT2D eigenvalue weighted by Gasteiger charge is -2.26. The van der Waals surface area contributed by atoms with Gasteiger partial charge in [-0.05, 0) is 18.1 Å². The molecule has 0 fully saturated rings. The number of rotatable bonds is 5. The highest BCUT2D eigenvalue weighted by atomic mass is 32.2. The van der Waals surface area contributed by atoms with Gasteiger partial charge in [-0.1, -0.05) is 60.2 Å². The van der Waals surface area contributed by atoms with Crippen LogP contribution in [-0.2, 0) is 33.9 Å². The molecule has 1 heterocycles. The molecule has 10 heteroatoms. The number of aryl methyl sites for hydroxylation is 1. The summed E-state index contributed by atoms with van der Waals surface area (Å²) < 4.78 is 33.1. The van der Waals surface area contributed by atoms with Crippen molar-refractivity contribution < 1.29 is 22.1 Å². The molecular formula is C18H14B3NO5S. The van der Waals surface area contributed by atoms with E-state index in [1.54, 1.807) is 42.5 Å². The minimum absolute atomic E-state index is 0.0538. The van der Waals surface area contributed by atoms with E-state index < -0.39 is 37.6 Å². The molecule has 6 radical (unpaired) electrons. The Bertz CT molecular complexity index is 1050. The summed E-state index contributed by atoms with van der Waals surface area (Å²) >= 11 is 0. The van der Waals surface area contributed by atoms with Crippen molar-refractivity contribution in [3.05, 3.63) is 82.9 Å². The summed E-state index contributed by atoms with van der Waals surface area (Å²) in [7, 11) is 12.9. The first-order valence-corrected chi connectivity index (χ1v) is 9.57. The zero-order valence-corrected chi connectivity index (χ0v) is 15.8. The van der Waals surface area contributed by atoms with E-state index in [1.165, 1.54) is 12.1 Å². The van der Waals surface area contributed by atoms with Gasteiger partial charge in [0.2, 0.25) is 17.4 Å². The zero-order chi connectivity index (χ0) is 20.7. The van der Waals surface area contributed by atoms with Crippen LogP contribution in [0, 0.1) is 6.92 Å². The second-order valence-corrected chi connectivity index (χ2v) is 8.17. The van der Waals surface area contributed by atoms with Gasteiger partial charge in [0.05, 0.1) is 20.2 Å². The molecule has 0 amide bonds. The van der Waals surface area contributed by atoms with Crippen LogP contribution in [0.5, 0.6) is 0 Å². The van der Waals surface area contributed by atoms with Crippen molar-refractivity contribution in [2.24, 2.45) is 5.73 Å². The van der Waals surface area contributed by atoms with E-state index >= 15 is 0 Å². The molecule has 0 aromatic heterocycles. The fourth-order valence-electron chi connectivity index (χ4n) is 2.64. The van der Waals surface area contributed by atoms with E-state index in [2.05, 4.69) is 0 Å². The third kappa shape index (κ3) is 3.22. The molecule has 2 N–H and O–H groups in total. The van der Waals surface area contributed by atoms with Crippen LogP contribution in [0.3, 0.4) is 0 Å². The van der Waals surface area contributed by atoms with Gasteiger partial charge < -0.3 is 14.7 Å². The van der Waals surface area contributed by atoms with E-state index in [0.29, 0.717) is 0 Å². The minimum atomic E-state index is -4.74. The standard InChI is InChI=1S/C18H14B3NO5S/c1-11-7-9-12(10-8-11)17(19)15(23)14(16(22)26-17)27-28(24,25)18(20,21)13-5-3-2-4-6-13/h2-10H,22H2,1H3/t17-/m1/s1. The molecule has 6 nitrogen and oxygen atoms in total. The molecule has 28 heavy (non-hydrogen) atoms. The van der Waals surface area contributed by atoms with Gasteiger partial charge in [0.1, 0.15) is 7.85 Å². The molecule has 1 aliphatic rings. The van der Waals surface area contributed by atoms with E-state index in [1.807, 2.05) is 6.92 Å². The number of ether oxygens (including phenoxy) is 1. The first-order valence-electron chi connectivity index (χ1n) is 8.16. The van der Waals surface area contributed by atoms with E-state index in [4.69, 9.17) is 38.2 Å². The van der Waals surface area contributed by atoms with Crippen LogP contribution in [0.2, 0.25) is 0 Å². The van der Waals surface area contributed by atoms with Crippen LogP contribution >= 0.6 is 0 Å². The number of carbonyl (C=O) groups is 1. The fourth-order valence-corrected chi connectivity index (χ4v) is 3.58. The Morgan fingerprint density at radius 2 is 1.64 bits per heavy atom. The molecule has 0 unspecified atom stereocenters. The third-order valence-electron chi connectivity index (χ3n) is 4.35. The lowest BCUT2D eigenvalue weighted by Crippen LogP contribution is -2.40. The molecule has 0 bridgehead atoms. The summed E-state index contributed by atoms with van der Waals surface area (Å²) in [6.45, 7) is 1.85. The van der Waals surface area contributed by atoms with Crippen LogP contribution < -0.4 is 5.73 Å². The first kappa shape index (κ1) is 20.1. The second kappa shape index (κ2) is 6.77. The number of nitrogens with two attached hydrogens (primary N) is 1. The summed E-state index contributed by atoms with van der Waals surface area (Å²) in [5, 5.41) is 0. The van der Waals surface area contributed by atoms with Crippen LogP contribution in [0.15, 0.2) is 66.2 Å². The Morgan fingerprint density at radius 1 is 1.07 bits per heavy atom. The molecule has 1 aliphatic heterocycles. The number of ketones is 1. The normalized spacial score (nSPS) is 20.1. The number of hydrogen-bond acceptors (Lipinski definition) is 6. The maximum absolute atomic E-state index is 12.8. The summed E-state index contributed by atoms with van der Waals surface area (Å²) in [6.07, 6.45) is 0. The molecular weight excluding hydrogens is 375 g/mol. The van der Waals surface area contributed by atoms with Gasteiger partial charge in [-0.2, -0.15) is 8.42 Å². The molecule has 2 aromatic rings. The third-order valence-corrected chi connectivity index (χ3v) is 5.80. The highest BCUT2D eigenvalue weighted by molar-refractivity contribution is 7.90. The average Bonchev–Trinajstić information content (AvgIpc) is 2.86. The summed E-state index contributed by atoms with van der Waals surface area (Å²) in [5.74, 6) is -2.33. The molecule has 0 saturated carbocycles. The smallest absolute Gasteiger partial charge is 0.302 e. The monoisotopic (exact) mass is 389 g/mol.